The first-order valence-electron chi connectivity index (χ1n) is 12.8. The van der Waals surface area contributed by atoms with Crippen LogP contribution in [0.3, 0.4) is 0 Å². The van der Waals surface area contributed by atoms with Crippen molar-refractivity contribution >= 4 is 8.80 Å². The van der Waals surface area contributed by atoms with Gasteiger partial charge in [0.2, 0.25) is 0 Å². The van der Waals surface area contributed by atoms with E-state index in [0.717, 1.165) is 36.8 Å². The molecule has 2 aromatic carbocycles. The minimum Gasteiger partial charge on any atom is -0.204 e. The van der Waals surface area contributed by atoms with Crippen LogP contribution in [0.4, 0.5) is 8.78 Å². The second-order valence-electron chi connectivity index (χ2n) is 9.99. The van der Waals surface area contributed by atoms with Crippen LogP contribution in [0.5, 0.6) is 0 Å². The number of benzene rings is 2. The molecule has 0 radical (unpaired) electrons. The molecule has 0 atom stereocenters. The van der Waals surface area contributed by atoms with E-state index in [1.165, 1.54) is 62.2 Å². The van der Waals surface area contributed by atoms with Gasteiger partial charge < -0.3 is 0 Å². The normalized spacial score (nSPS) is 22.5. The van der Waals surface area contributed by atoms with E-state index < -0.39 is 20.4 Å². The van der Waals surface area contributed by atoms with Gasteiger partial charge in [0.15, 0.2) is 11.6 Å². The fourth-order valence-corrected chi connectivity index (χ4v) is 9.49. The quantitative estimate of drug-likeness (QED) is 0.298. The Bertz CT molecular complexity index is 831. The van der Waals surface area contributed by atoms with E-state index in [4.69, 9.17) is 0 Å². The topological polar surface area (TPSA) is 0 Å². The van der Waals surface area contributed by atoms with Gasteiger partial charge in [0.25, 0.3) is 0 Å². The third kappa shape index (κ3) is 5.48. The molecule has 1 aliphatic carbocycles. The van der Waals surface area contributed by atoms with Gasteiger partial charge in [-0.3, -0.25) is 0 Å². The third-order valence-electron chi connectivity index (χ3n) is 7.90. The van der Waals surface area contributed by atoms with Crippen LogP contribution in [-0.4, -0.2) is 8.80 Å². The minimum atomic E-state index is -0.708. The molecule has 1 aliphatic heterocycles. The molecular formula is C28H38F2Si. The number of rotatable bonds is 7. The molecule has 2 aliphatic rings. The van der Waals surface area contributed by atoms with Gasteiger partial charge >= 0.3 is 0 Å². The van der Waals surface area contributed by atoms with Crippen LogP contribution in [0, 0.1) is 11.6 Å². The standard InChI is InChI=1S/C28H38F2Si/c1-2-3-7-18-31-19-16-22(17-20-31)21-10-12-23(13-11-21)25-14-15-26(29)28(30)27(25)24-8-5-4-6-9-24/h10-15,22,24,31H,2-9,16-20H2,1H3/t22-,31-. The van der Waals surface area contributed by atoms with Crippen LogP contribution in [-0.2, 0) is 0 Å². The van der Waals surface area contributed by atoms with Crippen LogP contribution in [0.25, 0.3) is 11.1 Å². The number of unbranched alkanes of at least 4 members (excludes halogenated alkanes) is 2. The SMILES string of the molecule is CCCCC[Si@H]1CC[C@H](c2ccc(-c3ccc(F)c(F)c3C3CCCCC3)cc2)CC1. The predicted octanol–water partition coefficient (Wildman–Crippen LogP) is 8.97. The monoisotopic (exact) mass is 440 g/mol. The fraction of sp³-hybridized carbons (Fsp3) is 0.571. The van der Waals surface area contributed by atoms with E-state index in [1.807, 2.05) is 0 Å². The van der Waals surface area contributed by atoms with E-state index in [9.17, 15) is 8.78 Å². The first kappa shape index (κ1) is 22.7. The van der Waals surface area contributed by atoms with Gasteiger partial charge in [-0.15, -0.1) is 0 Å². The first-order valence-corrected chi connectivity index (χ1v) is 15.2. The van der Waals surface area contributed by atoms with Gasteiger partial charge in [-0.2, -0.15) is 0 Å². The highest BCUT2D eigenvalue weighted by Crippen LogP contribution is 2.41. The van der Waals surface area contributed by atoms with Crippen molar-refractivity contribution in [3.05, 3.63) is 59.2 Å². The molecule has 2 fully saturated rings. The van der Waals surface area contributed by atoms with Crippen molar-refractivity contribution in [2.45, 2.75) is 101 Å². The molecule has 3 heteroatoms. The fourth-order valence-electron chi connectivity index (χ4n) is 6.01. The first-order chi connectivity index (χ1) is 15.2. The molecule has 0 unspecified atom stereocenters. The summed E-state index contributed by atoms with van der Waals surface area (Å²) in [5.74, 6) is -0.501. The Morgan fingerprint density at radius 2 is 1.52 bits per heavy atom. The molecule has 0 bridgehead atoms. The molecule has 1 saturated carbocycles. The van der Waals surface area contributed by atoms with Crippen LogP contribution >= 0.6 is 0 Å². The zero-order valence-corrected chi connectivity index (χ0v) is 20.3. The van der Waals surface area contributed by atoms with Crippen LogP contribution in [0.15, 0.2) is 36.4 Å². The second kappa shape index (κ2) is 10.9. The average molecular weight is 441 g/mol. The summed E-state index contributed by atoms with van der Waals surface area (Å²) in [6, 6.07) is 16.4. The van der Waals surface area contributed by atoms with Gasteiger partial charge in [-0.25, -0.2) is 8.78 Å². The van der Waals surface area contributed by atoms with Crippen molar-refractivity contribution in [2.75, 3.05) is 0 Å². The Hall–Kier alpha value is -1.48. The molecule has 1 saturated heterocycles. The van der Waals surface area contributed by atoms with Crippen LogP contribution < -0.4 is 0 Å². The van der Waals surface area contributed by atoms with Gasteiger partial charge in [0.05, 0.1) is 0 Å². The molecule has 0 aromatic heterocycles. The Kier molecular flexibility index (Phi) is 7.98. The molecule has 2 aromatic rings. The van der Waals surface area contributed by atoms with Crippen molar-refractivity contribution in [3.63, 3.8) is 0 Å². The summed E-state index contributed by atoms with van der Waals surface area (Å²) in [5.41, 5.74) is 3.98. The molecule has 0 amide bonds. The summed E-state index contributed by atoms with van der Waals surface area (Å²) in [7, 11) is -0.490. The van der Waals surface area contributed by atoms with Crippen LogP contribution in [0.2, 0.25) is 18.1 Å². The third-order valence-corrected chi connectivity index (χ3v) is 11.4. The molecule has 0 spiro atoms. The van der Waals surface area contributed by atoms with E-state index in [0.29, 0.717) is 11.5 Å². The summed E-state index contributed by atoms with van der Waals surface area (Å²) in [6.45, 7) is 2.29. The summed E-state index contributed by atoms with van der Waals surface area (Å²) >= 11 is 0. The Labute approximate surface area is 189 Å². The van der Waals surface area contributed by atoms with Crippen molar-refractivity contribution in [3.8, 4) is 11.1 Å². The number of hydrogen-bond donors (Lipinski definition) is 0. The lowest BCUT2D eigenvalue weighted by Gasteiger charge is -2.28. The van der Waals surface area contributed by atoms with E-state index >= 15 is 0 Å². The molecule has 168 valence electrons. The zero-order valence-electron chi connectivity index (χ0n) is 19.1. The van der Waals surface area contributed by atoms with E-state index in [2.05, 4.69) is 31.2 Å². The Morgan fingerprint density at radius 1 is 0.806 bits per heavy atom. The molecule has 0 N–H and O–H groups in total. The molecule has 31 heavy (non-hydrogen) atoms. The molecular weight excluding hydrogens is 402 g/mol. The maximum Gasteiger partial charge on any atom is 0.162 e. The minimum absolute atomic E-state index is 0.145. The van der Waals surface area contributed by atoms with E-state index in [1.54, 1.807) is 12.1 Å². The number of hydrogen-bond acceptors (Lipinski definition) is 0. The molecule has 4 rings (SSSR count). The Balaban J connectivity index is 1.47. The maximum atomic E-state index is 14.9. The van der Waals surface area contributed by atoms with Gasteiger partial charge in [0.1, 0.15) is 0 Å². The zero-order chi connectivity index (χ0) is 21.6. The lowest BCUT2D eigenvalue weighted by atomic mass is 9.80. The highest BCUT2D eigenvalue weighted by atomic mass is 28.3. The Morgan fingerprint density at radius 3 is 2.19 bits per heavy atom. The summed E-state index contributed by atoms with van der Waals surface area (Å²) < 4.78 is 29.0. The number of halogens is 2. The van der Waals surface area contributed by atoms with Gasteiger partial charge in [-0.1, -0.05) is 93.9 Å². The van der Waals surface area contributed by atoms with E-state index in [-0.39, 0.29) is 5.92 Å². The maximum absolute atomic E-state index is 14.9. The van der Waals surface area contributed by atoms with Crippen molar-refractivity contribution in [1.29, 1.82) is 0 Å². The average Bonchev–Trinajstić information content (AvgIpc) is 2.82. The van der Waals surface area contributed by atoms with Crippen LogP contribution in [0.1, 0.15) is 94.1 Å². The summed E-state index contributed by atoms with van der Waals surface area (Å²) in [4.78, 5) is 0. The highest BCUT2D eigenvalue weighted by molar-refractivity contribution is 6.59. The van der Waals surface area contributed by atoms with Gasteiger partial charge in [-0.05, 0) is 60.3 Å². The van der Waals surface area contributed by atoms with Crippen molar-refractivity contribution in [2.24, 2.45) is 0 Å². The van der Waals surface area contributed by atoms with Gasteiger partial charge in [0, 0.05) is 14.4 Å². The van der Waals surface area contributed by atoms with Crippen molar-refractivity contribution < 1.29 is 8.78 Å². The lowest BCUT2D eigenvalue weighted by Crippen LogP contribution is -2.20. The summed E-state index contributed by atoms with van der Waals surface area (Å²) in [5, 5.41) is 0. The largest absolute Gasteiger partial charge is 0.204 e. The summed E-state index contributed by atoms with van der Waals surface area (Å²) in [6.07, 6.45) is 12.3. The molecule has 0 nitrogen and oxygen atoms in total. The lowest BCUT2D eigenvalue weighted by molar-refractivity contribution is 0.418. The smallest absolute Gasteiger partial charge is 0.162 e. The highest BCUT2D eigenvalue weighted by Gasteiger charge is 2.26. The molecule has 1 heterocycles. The predicted molar refractivity (Wildman–Crippen MR) is 131 cm³/mol. The second-order valence-corrected chi connectivity index (χ2v) is 13.5. The van der Waals surface area contributed by atoms with Crippen molar-refractivity contribution in [1.82, 2.24) is 0 Å².